The average Bonchev–Trinajstić information content (AvgIpc) is 2.37. The molecule has 4 heteroatoms. The number of hydrogen-bond donors (Lipinski definition) is 2. The quantitative estimate of drug-likeness (QED) is 0.804. The Kier molecular flexibility index (Phi) is 2.45. The maximum absolute atomic E-state index is 11.8. The second kappa shape index (κ2) is 3.99. The number of benzene rings is 2. The zero-order chi connectivity index (χ0) is 12.7. The lowest BCUT2D eigenvalue weighted by molar-refractivity contribution is -0.127. The van der Waals surface area contributed by atoms with Gasteiger partial charge in [-0.1, -0.05) is 30.3 Å². The van der Waals surface area contributed by atoms with Crippen molar-refractivity contribution in [3.63, 3.8) is 0 Å². The fraction of sp³-hybridized carbons (Fsp3) is 0.214. The normalized spacial score (nSPS) is 19.9. The van der Waals surface area contributed by atoms with E-state index < -0.39 is 12.2 Å². The average molecular weight is 243 g/mol. The lowest BCUT2D eigenvalue weighted by Gasteiger charge is -2.28. The van der Waals surface area contributed by atoms with Crippen LogP contribution in [0.1, 0.15) is 6.92 Å². The number of aliphatic hydroxyl groups excluding tert-OH is 1. The second-order valence-corrected chi connectivity index (χ2v) is 4.43. The highest BCUT2D eigenvalue weighted by Gasteiger charge is 2.32. The van der Waals surface area contributed by atoms with Gasteiger partial charge < -0.3 is 15.2 Å². The summed E-state index contributed by atoms with van der Waals surface area (Å²) in [5.74, 6) is 0.285. The minimum atomic E-state index is -0.848. The first-order valence-corrected chi connectivity index (χ1v) is 5.84. The van der Waals surface area contributed by atoms with Crippen molar-refractivity contribution >= 4 is 22.4 Å². The minimum absolute atomic E-state index is 0.311. The molecular weight excluding hydrogens is 230 g/mol. The van der Waals surface area contributed by atoms with Crippen molar-refractivity contribution in [2.24, 2.45) is 0 Å². The molecule has 0 saturated heterocycles. The van der Waals surface area contributed by atoms with E-state index in [2.05, 4.69) is 5.32 Å². The Morgan fingerprint density at radius 1 is 1.28 bits per heavy atom. The molecule has 2 atom stereocenters. The zero-order valence-corrected chi connectivity index (χ0v) is 9.88. The fourth-order valence-corrected chi connectivity index (χ4v) is 2.18. The minimum Gasteiger partial charge on any atom is -0.476 e. The van der Waals surface area contributed by atoms with Crippen LogP contribution in [-0.4, -0.2) is 23.2 Å². The van der Waals surface area contributed by atoms with Crippen molar-refractivity contribution in [1.82, 2.24) is 0 Å². The van der Waals surface area contributed by atoms with Crippen LogP contribution in [-0.2, 0) is 4.79 Å². The number of anilines is 1. The van der Waals surface area contributed by atoms with Gasteiger partial charge in [-0.3, -0.25) is 4.79 Å². The molecule has 2 N–H and O–H groups in total. The summed E-state index contributed by atoms with van der Waals surface area (Å²) in [7, 11) is 0. The molecule has 18 heavy (non-hydrogen) atoms. The van der Waals surface area contributed by atoms with E-state index in [1.54, 1.807) is 0 Å². The topological polar surface area (TPSA) is 58.6 Å². The van der Waals surface area contributed by atoms with Gasteiger partial charge in [0.1, 0.15) is 5.75 Å². The Morgan fingerprint density at radius 2 is 2.06 bits per heavy atom. The van der Waals surface area contributed by atoms with Gasteiger partial charge in [-0.15, -0.1) is 0 Å². The van der Waals surface area contributed by atoms with Gasteiger partial charge in [-0.2, -0.15) is 0 Å². The van der Waals surface area contributed by atoms with E-state index >= 15 is 0 Å². The Labute approximate surface area is 104 Å². The highest BCUT2D eigenvalue weighted by molar-refractivity contribution is 6.07. The van der Waals surface area contributed by atoms with E-state index in [0.29, 0.717) is 11.4 Å². The van der Waals surface area contributed by atoms with E-state index in [-0.39, 0.29) is 5.91 Å². The third kappa shape index (κ3) is 1.62. The first kappa shape index (κ1) is 11.0. The largest absolute Gasteiger partial charge is 0.476 e. The van der Waals surface area contributed by atoms with Crippen LogP contribution in [0.3, 0.4) is 0 Å². The number of hydrogen-bond acceptors (Lipinski definition) is 3. The Balaban J connectivity index is 2.14. The number of aliphatic hydroxyl groups is 1. The van der Waals surface area contributed by atoms with Gasteiger partial charge in [0.15, 0.2) is 0 Å². The van der Waals surface area contributed by atoms with Gasteiger partial charge in [-0.05, 0) is 18.4 Å². The molecule has 0 aliphatic carbocycles. The Hall–Kier alpha value is -2.07. The standard InChI is InChI=1S/C14H13NO3/c1-8(16)13-14(17)15-12-10-5-3-2-4-9(10)6-7-11(12)18-13/h2-8,13,16H,1H3,(H,15,17)/t8-,13+/m1/s1. The lowest BCUT2D eigenvalue weighted by Crippen LogP contribution is -2.44. The first-order valence-electron chi connectivity index (χ1n) is 5.84. The van der Waals surface area contributed by atoms with Gasteiger partial charge >= 0.3 is 0 Å². The van der Waals surface area contributed by atoms with Crippen LogP contribution in [0.4, 0.5) is 5.69 Å². The Morgan fingerprint density at radius 3 is 2.83 bits per heavy atom. The summed E-state index contributed by atoms with van der Waals surface area (Å²) in [5, 5.41) is 14.3. The molecule has 0 spiro atoms. The maximum atomic E-state index is 11.8. The number of rotatable bonds is 1. The molecule has 0 aromatic heterocycles. The molecule has 0 radical (unpaired) electrons. The number of fused-ring (bicyclic) bond motifs is 3. The third-order valence-electron chi connectivity index (χ3n) is 3.09. The van der Waals surface area contributed by atoms with Crippen molar-refractivity contribution in [3.8, 4) is 5.75 Å². The molecular formula is C14H13NO3. The summed E-state index contributed by atoms with van der Waals surface area (Å²) in [4.78, 5) is 11.8. The smallest absolute Gasteiger partial charge is 0.268 e. The molecule has 1 aliphatic heterocycles. The lowest BCUT2D eigenvalue weighted by atomic mass is 10.1. The molecule has 0 saturated carbocycles. The van der Waals surface area contributed by atoms with Crippen LogP contribution in [0.5, 0.6) is 5.75 Å². The molecule has 4 nitrogen and oxygen atoms in total. The van der Waals surface area contributed by atoms with Gasteiger partial charge in [0.05, 0.1) is 11.8 Å². The van der Waals surface area contributed by atoms with Gasteiger partial charge in [-0.25, -0.2) is 0 Å². The zero-order valence-electron chi connectivity index (χ0n) is 9.88. The predicted molar refractivity (Wildman–Crippen MR) is 68.7 cm³/mol. The van der Waals surface area contributed by atoms with Crippen molar-refractivity contribution in [2.45, 2.75) is 19.1 Å². The monoisotopic (exact) mass is 243 g/mol. The van der Waals surface area contributed by atoms with Crippen LogP contribution in [0.2, 0.25) is 0 Å². The summed E-state index contributed by atoms with van der Waals surface area (Å²) < 4.78 is 5.55. The third-order valence-corrected chi connectivity index (χ3v) is 3.09. The number of amides is 1. The molecule has 2 aromatic carbocycles. The number of carbonyl (C=O) groups is 1. The van der Waals surface area contributed by atoms with E-state index in [1.807, 2.05) is 36.4 Å². The first-order chi connectivity index (χ1) is 8.66. The van der Waals surface area contributed by atoms with Crippen LogP contribution < -0.4 is 10.1 Å². The molecule has 1 amide bonds. The SMILES string of the molecule is C[C@@H](O)[C@@H]1Oc2ccc3ccccc3c2NC1=O. The predicted octanol–water partition coefficient (Wildman–Crippen LogP) is 1.92. The molecule has 2 aromatic rings. The Bertz CT molecular complexity index is 621. The van der Waals surface area contributed by atoms with Gasteiger partial charge in [0, 0.05) is 5.39 Å². The van der Waals surface area contributed by atoms with Crippen molar-refractivity contribution < 1.29 is 14.6 Å². The summed E-state index contributed by atoms with van der Waals surface area (Å²) >= 11 is 0. The van der Waals surface area contributed by atoms with E-state index in [1.165, 1.54) is 6.92 Å². The van der Waals surface area contributed by atoms with Gasteiger partial charge in [0.25, 0.3) is 5.91 Å². The summed E-state index contributed by atoms with van der Waals surface area (Å²) in [6.45, 7) is 1.54. The van der Waals surface area contributed by atoms with E-state index in [9.17, 15) is 9.90 Å². The van der Waals surface area contributed by atoms with Crippen LogP contribution in [0, 0.1) is 0 Å². The summed E-state index contributed by atoms with van der Waals surface area (Å²) in [6, 6.07) is 11.5. The molecule has 92 valence electrons. The van der Waals surface area contributed by atoms with Crippen LogP contribution >= 0.6 is 0 Å². The molecule has 1 aliphatic rings. The summed E-state index contributed by atoms with van der Waals surface area (Å²) in [5.41, 5.74) is 0.676. The van der Waals surface area contributed by atoms with E-state index in [4.69, 9.17) is 4.74 Å². The van der Waals surface area contributed by atoms with Gasteiger partial charge in [0.2, 0.25) is 6.10 Å². The van der Waals surface area contributed by atoms with Crippen molar-refractivity contribution in [2.75, 3.05) is 5.32 Å². The maximum Gasteiger partial charge on any atom is 0.268 e. The number of nitrogens with one attached hydrogen (secondary N) is 1. The second-order valence-electron chi connectivity index (χ2n) is 4.43. The molecule has 0 bridgehead atoms. The molecule has 0 unspecified atom stereocenters. The molecule has 3 rings (SSSR count). The van der Waals surface area contributed by atoms with Crippen molar-refractivity contribution in [1.29, 1.82) is 0 Å². The fourth-order valence-electron chi connectivity index (χ4n) is 2.18. The van der Waals surface area contributed by atoms with Crippen LogP contribution in [0.15, 0.2) is 36.4 Å². The number of ether oxygens (including phenoxy) is 1. The van der Waals surface area contributed by atoms with Crippen molar-refractivity contribution in [3.05, 3.63) is 36.4 Å². The highest BCUT2D eigenvalue weighted by Crippen LogP contribution is 2.36. The number of carbonyl (C=O) groups excluding carboxylic acids is 1. The van der Waals surface area contributed by atoms with E-state index in [0.717, 1.165) is 10.8 Å². The highest BCUT2D eigenvalue weighted by atomic mass is 16.5. The summed E-state index contributed by atoms with van der Waals surface area (Å²) in [6.07, 6.45) is -1.69. The molecule has 0 fully saturated rings. The van der Waals surface area contributed by atoms with Crippen LogP contribution in [0.25, 0.3) is 10.8 Å². The molecule has 1 heterocycles.